The second-order valence-corrected chi connectivity index (χ2v) is 20.1. The van der Waals surface area contributed by atoms with Crippen molar-refractivity contribution >= 4 is 38.9 Å². The van der Waals surface area contributed by atoms with Crippen LogP contribution in [0, 0.1) is 18.8 Å². The summed E-state index contributed by atoms with van der Waals surface area (Å²) in [6.07, 6.45) is 4.13. The Morgan fingerprint density at radius 2 is 1.22 bits per heavy atom. The summed E-state index contributed by atoms with van der Waals surface area (Å²) < 4.78 is 9.10. The third-order valence-electron chi connectivity index (χ3n) is 11.4. The molecule has 7 aromatic rings. The van der Waals surface area contributed by atoms with Crippen molar-refractivity contribution in [2.75, 3.05) is 9.80 Å². The van der Waals surface area contributed by atoms with E-state index in [1.54, 1.807) is 0 Å². The van der Waals surface area contributed by atoms with Gasteiger partial charge in [0.05, 0.1) is 0 Å². The maximum atomic E-state index is 6.85. The van der Waals surface area contributed by atoms with E-state index in [1.165, 1.54) is 16.7 Å². The Labute approximate surface area is 372 Å². The number of benzene rings is 5. The smallest absolute Gasteiger partial charge is 0.135 e. The zero-order valence-corrected chi connectivity index (χ0v) is 39.4. The Hall–Kier alpha value is -5.12. The predicted octanol–water partition coefficient (Wildman–Crippen LogP) is 14.2. The number of fused-ring (bicyclic) bond motifs is 3. The van der Waals surface area contributed by atoms with Gasteiger partial charge in [0.25, 0.3) is 0 Å². The van der Waals surface area contributed by atoms with E-state index in [2.05, 4.69) is 226 Å². The van der Waals surface area contributed by atoms with E-state index >= 15 is 0 Å². The van der Waals surface area contributed by atoms with Crippen LogP contribution in [-0.2, 0) is 42.7 Å². The number of hydrogen-bond acceptors (Lipinski definition) is 4. The quantitative estimate of drug-likeness (QED) is 0.156. The fourth-order valence-electron chi connectivity index (χ4n) is 7.66. The van der Waals surface area contributed by atoms with Crippen LogP contribution in [0.1, 0.15) is 111 Å². The second-order valence-electron chi connectivity index (χ2n) is 20.1. The van der Waals surface area contributed by atoms with Gasteiger partial charge in [-0.15, -0.1) is 53.6 Å². The first-order valence-electron chi connectivity index (χ1n) is 20.8. The summed E-state index contributed by atoms with van der Waals surface area (Å²) in [5, 5.41) is 2.26. The van der Waals surface area contributed by atoms with Gasteiger partial charge in [0, 0.05) is 55.7 Å². The molecule has 6 heteroatoms. The SMILES string of the molecule is CC(C)(C)c1cc(Oc2[c-]c3c(cc2)c2ccc(C(C)(C)C)cc2n3-c2cc(C(C)(C)C)ccn2)[c-]c(N2[CH-]N(c3cccc(C(C)(C)C)c3)C=C2c2ccccc2)c1.[Pt]. The van der Waals surface area contributed by atoms with E-state index in [4.69, 9.17) is 9.72 Å². The number of ether oxygens (including phenoxy) is 1. The van der Waals surface area contributed by atoms with Crippen molar-refractivity contribution in [3.05, 3.63) is 168 Å². The fourth-order valence-corrected chi connectivity index (χ4v) is 7.66. The summed E-state index contributed by atoms with van der Waals surface area (Å²) in [5.41, 5.74) is 10.9. The van der Waals surface area contributed by atoms with Gasteiger partial charge in [-0.2, -0.15) is 6.07 Å². The van der Waals surface area contributed by atoms with Gasteiger partial charge in [0.2, 0.25) is 0 Å². The molecule has 0 amide bonds. The molecule has 0 saturated heterocycles. The minimum Gasteiger partial charge on any atom is -0.509 e. The molecule has 0 spiro atoms. The average molecular weight is 973 g/mol. The summed E-state index contributed by atoms with van der Waals surface area (Å²) >= 11 is 0. The Kier molecular flexibility index (Phi) is 11.3. The van der Waals surface area contributed by atoms with Crippen LogP contribution in [-0.4, -0.2) is 9.55 Å². The van der Waals surface area contributed by atoms with Gasteiger partial charge >= 0.3 is 0 Å². The fraction of sp³-hybridized carbons (Fsp3) is 0.296. The van der Waals surface area contributed by atoms with Gasteiger partial charge in [-0.3, -0.25) is 0 Å². The van der Waals surface area contributed by atoms with Crippen LogP contribution in [0.4, 0.5) is 11.4 Å². The maximum Gasteiger partial charge on any atom is 0.135 e. The summed E-state index contributed by atoms with van der Waals surface area (Å²) in [5.74, 6) is 2.10. The first-order valence-corrected chi connectivity index (χ1v) is 20.8. The number of pyridine rings is 1. The summed E-state index contributed by atoms with van der Waals surface area (Å²) in [7, 11) is 0. The van der Waals surface area contributed by atoms with Crippen molar-refractivity contribution in [2.24, 2.45) is 0 Å². The largest absolute Gasteiger partial charge is 0.509 e. The molecule has 0 fully saturated rings. The van der Waals surface area contributed by atoms with Crippen molar-refractivity contribution < 1.29 is 25.8 Å². The van der Waals surface area contributed by atoms with Crippen LogP contribution in [0.3, 0.4) is 0 Å². The first-order chi connectivity index (χ1) is 27.7. The normalized spacial score (nSPS) is 13.8. The zero-order chi connectivity index (χ0) is 42.1. The molecule has 0 radical (unpaired) electrons. The van der Waals surface area contributed by atoms with Crippen LogP contribution in [0.25, 0.3) is 33.3 Å². The number of anilines is 2. The Morgan fingerprint density at radius 3 is 1.90 bits per heavy atom. The molecular weight excluding hydrogens is 916 g/mol. The molecule has 0 bridgehead atoms. The molecule has 60 heavy (non-hydrogen) atoms. The van der Waals surface area contributed by atoms with Crippen LogP contribution < -0.4 is 14.5 Å². The molecule has 2 aromatic heterocycles. The number of hydrogen-bond donors (Lipinski definition) is 0. The Bertz CT molecular complexity index is 2720. The van der Waals surface area contributed by atoms with Gasteiger partial charge in [0.15, 0.2) is 0 Å². The van der Waals surface area contributed by atoms with E-state index in [1.807, 2.05) is 12.3 Å². The summed E-state index contributed by atoms with van der Waals surface area (Å²) in [4.78, 5) is 9.39. The van der Waals surface area contributed by atoms with Gasteiger partial charge < -0.3 is 19.1 Å². The van der Waals surface area contributed by atoms with Crippen molar-refractivity contribution in [3.8, 4) is 17.3 Å². The van der Waals surface area contributed by atoms with Crippen LogP contribution >= 0.6 is 0 Å². The van der Waals surface area contributed by atoms with Gasteiger partial charge in [0.1, 0.15) is 5.82 Å². The van der Waals surface area contributed by atoms with Crippen molar-refractivity contribution in [1.82, 2.24) is 9.55 Å². The Balaban J connectivity index is 0.00000544. The van der Waals surface area contributed by atoms with Crippen molar-refractivity contribution in [1.29, 1.82) is 0 Å². The van der Waals surface area contributed by atoms with Crippen molar-refractivity contribution in [2.45, 2.75) is 105 Å². The van der Waals surface area contributed by atoms with E-state index in [-0.39, 0.29) is 42.7 Å². The van der Waals surface area contributed by atoms with Crippen LogP contribution in [0.15, 0.2) is 122 Å². The molecule has 1 aliphatic heterocycles. The molecule has 5 nitrogen and oxygen atoms in total. The molecule has 0 unspecified atom stereocenters. The number of nitrogens with zero attached hydrogens (tertiary/aromatic N) is 4. The number of aromatic nitrogens is 2. The zero-order valence-electron chi connectivity index (χ0n) is 37.1. The van der Waals surface area contributed by atoms with Gasteiger partial charge in [-0.05, 0) is 85.8 Å². The van der Waals surface area contributed by atoms with E-state index in [0.29, 0.717) is 11.5 Å². The molecule has 0 atom stereocenters. The molecule has 0 saturated carbocycles. The minimum atomic E-state index is -0.159. The third kappa shape index (κ3) is 8.57. The van der Waals surface area contributed by atoms with Crippen LogP contribution in [0.2, 0.25) is 0 Å². The van der Waals surface area contributed by atoms with E-state index in [0.717, 1.165) is 55.8 Å². The molecular formula is C54H57N4OPt-3. The molecule has 1 aliphatic rings. The standard InChI is InChI=1S/C54H57N4O.Pt/c1-51(2,3)37-19-16-20-41(27-37)56-34-49(36-17-14-13-15-18-36)57(35-56)42-28-40(54(10,11)12)29-44(32-42)59-43-22-24-46-45-23-21-38(52(4,5)6)30-47(45)58(48(46)33-43)50-31-39(25-26-55-50)53(7,8)9;/h13-31,34-35H,1-12H3;/q-3;. The molecule has 312 valence electrons. The first kappa shape index (κ1) is 43.0. The second kappa shape index (κ2) is 15.7. The summed E-state index contributed by atoms with van der Waals surface area (Å²) in [6.45, 7) is 29.1. The molecule has 0 aliphatic carbocycles. The average Bonchev–Trinajstić information content (AvgIpc) is 3.77. The van der Waals surface area contributed by atoms with Gasteiger partial charge in [-0.25, -0.2) is 4.98 Å². The Morgan fingerprint density at radius 1 is 0.567 bits per heavy atom. The minimum absolute atomic E-state index is 0. The topological polar surface area (TPSA) is 33.5 Å². The van der Waals surface area contributed by atoms with E-state index < -0.39 is 0 Å². The molecule has 3 heterocycles. The molecule has 0 N–H and O–H groups in total. The summed E-state index contributed by atoms with van der Waals surface area (Å²) in [6, 6.07) is 46.5. The molecule has 8 rings (SSSR count). The molecule has 5 aromatic carbocycles. The van der Waals surface area contributed by atoms with E-state index in [9.17, 15) is 0 Å². The maximum absolute atomic E-state index is 6.85. The predicted molar refractivity (Wildman–Crippen MR) is 248 cm³/mol. The third-order valence-corrected chi connectivity index (χ3v) is 11.4. The van der Waals surface area contributed by atoms with Crippen molar-refractivity contribution in [3.63, 3.8) is 0 Å². The van der Waals surface area contributed by atoms with Crippen LogP contribution in [0.5, 0.6) is 11.5 Å². The number of rotatable bonds is 6. The van der Waals surface area contributed by atoms with Gasteiger partial charge in [-0.1, -0.05) is 143 Å². The monoisotopic (exact) mass is 972 g/mol.